The van der Waals surface area contributed by atoms with E-state index in [1.54, 1.807) is 24.5 Å². The summed E-state index contributed by atoms with van der Waals surface area (Å²) in [5.41, 5.74) is 1.99. The highest BCUT2D eigenvalue weighted by atomic mass is 32.2. The lowest BCUT2D eigenvalue weighted by Gasteiger charge is -2.36. The number of carbonyl (C=O) groups excluding carboxylic acids is 1. The summed E-state index contributed by atoms with van der Waals surface area (Å²) in [5, 5.41) is 22.7. The summed E-state index contributed by atoms with van der Waals surface area (Å²) >= 11 is 2.85. The van der Waals surface area contributed by atoms with Crippen molar-refractivity contribution in [2.75, 3.05) is 18.2 Å². The summed E-state index contributed by atoms with van der Waals surface area (Å²) in [7, 11) is 1.62. The molecule has 2 heterocycles. The van der Waals surface area contributed by atoms with E-state index in [1.807, 2.05) is 28.8 Å². The minimum Gasteiger partial charge on any atom is -0.497 e. The van der Waals surface area contributed by atoms with Gasteiger partial charge in [0.05, 0.1) is 18.4 Å². The number of allylic oxidation sites excluding steroid dienone is 1. The number of fused-ring (bicyclic) bond motifs is 1. The van der Waals surface area contributed by atoms with E-state index in [0.29, 0.717) is 39.8 Å². The Kier molecular flexibility index (Phi) is 9.36. The molecule has 1 amide bonds. The topological polar surface area (TPSA) is 102 Å². The van der Waals surface area contributed by atoms with E-state index in [0.717, 1.165) is 37.0 Å². The van der Waals surface area contributed by atoms with Crippen LogP contribution in [0.4, 0.5) is 5.00 Å². The Morgan fingerprint density at radius 2 is 2.08 bits per heavy atom. The van der Waals surface area contributed by atoms with Crippen molar-refractivity contribution in [2.45, 2.75) is 64.8 Å². The number of methoxy groups -OCH3 is 1. The fourth-order valence-electron chi connectivity index (χ4n) is 4.71. The molecular formula is C29H35N5O3S2. The van der Waals surface area contributed by atoms with Gasteiger partial charge in [0.1, 0.15) is 29.2 Å². The van der Waals surface area contributed by atoms with Crippen molar-refractivity contribution in [3.63, 3.8) is 0 Å². The van der Waals surface area contributed by atoms with Gasteiger partial charge in [0.15, 0.2) is 11.0 Å². The molecule has 2 aromatic heterocycles. The summed E-state index contributed by atoms with van der Waals surface area (Å²) in [6.07, 6.45) is 5.81. The average Bonchev–Trinajstić information content (AvgIpc) is 3.50. The highest BCUT2D eigenvalue weighted by molar-refractivity contribution is 7.99. The van der Waals surface area contributed by atoms with Gasteiger partial charge in [-0.1, -0.05) is 45.0 Å². The fraction of sp³-hybridized carbons (Fsp3) is 0.448. The molecule has 39 heavy (non-hydrogen) atoms. The molecule has 8 nitrogen and oxygen atoms in total. The highest BCUT2D eigenvalue weighted by Crippen LogP contribution is 2.45. The molecule has 0 saturated carbocycles. The number of thioether (sulfide) groups is 1. The molecule has 0 aliphatic heterocycles. The van der Waals surface area contributed by atoms with Crippen LogP contribution in [0.2, 0.25) is 0 Å². The normalized spacial score (nSPS) is 14.8. The van der Waals surface area contributed by atoms with Gasteiger partial charge in [-0.05, 0) is 60.4 Å². The lowest BCUT2D eigenvalue weighted by atomic mass is 9.69. The number of nitrogens with zero attached hydrogens (tertiary/aromatic N) is 4. The Bertz CT molecular complexity index is 1350. The number of hydrogen-bond donors (Lipinski definition) is 1. The first-order valence-corrected chi connectivity index (χ1v) is 14.9. The molecule has 3 aromatic rings. The lowest BCUT2D eigenvalue weighted by molar-refractivity contribution is -0.113. The molecule has 1 aromatic carbocycles. The maximum atomic E-state index is 12.9. The first-order chi connectivity index (χ1) is 18.8. The summed E-state index contributed by atoms with van der Waals surface area (Å²) in [6.45, 7) is 11.4. The van der Waals surface area contributed by atoms with Crippen LogP contribution in [0.1, 0.15) is 55.4 Å². The number of rotatable bonds is 12. The quantitative estimate of drug-likeness (QED) is 0.204. The van der Waals surface area contributed by atoms with Crippen LogP contribution in [0, 0.1) is 22.7 Å². The molecule has 206 valence electrons. The molecule has 1 aliphatic rings. The third-order valence-electron chi connectivity index (χ3n) is 7.51. The first kappa shape index (κ1) is 28.7. The molecule has 0 fully saturated rings. The van der Waals surface area contributed by atoms with Crippen molar-refractivity contribution in [3.05, 3.63) is 58.7 Å². The number of nitriles is 1. The number of carbonyl (C=O) groups is 1. The van der Waals surface area contributed by atoms with Crippen molar-refractivity contribution >= 4 is 34.0 Å². The van der Waals surface area contributed by atoms with Crippen molar-refractivity contribution < 1.29 is 14.3 Å². The molecule has 1 unspecified atom stereocenters. The number of hydrogen-bond acceptors (Lipinski definition) is 8. The van der Waals surface area contributed by atoms with Crippen LogP contribution in [-0.4, -0.2) is 33.5 Å². The second-order valence-corrected chi connectivity index (χ2v) is 12.2. The van der Waals surface area contributed by atoms with Crippen LogP contribution >= 0.6 is 23.1 Å². The van der Waals surface area contributed by atoms with Gasteiger partial charge >= 0.3 is 0 Å². The van der Waals surface area contributed by atoms with Gasteiger partial charge < -0.3 is 14.8 Å². The zero-order chi connectivity index (χ0) is 28.0. The van der Waals surface area contributed by atoms with Crippen LogP contribution in [0.5, 0.6) is 11.5 Å². The third kappa shape index (κ3) is 6.65. The van der Waals surface area contributed by atoms with Crippen molar-refractivity contribution in [1.82, 2.24) is 14.8 Å². The number of aromatic nitrogens is 3. The van der Waals surface area contributed by atoms with E-state index in [2.05, 4.69) is 48.9 Å². The minimum atomic E-state index is -0.176. The predicted molar refractivity (Wildman–Crippen MR) is 156 cm³/mol. The first-order valence-electron chi connectivity index (χ1n) is 13.1. The average molecular weight is 566 g/mol. The van der Waals surface area contributed by atoms with E-state index in [1.165, 1.54) is 16.6 Å². The molecule has 0 spiro atoms. The standard InChI is InChI=1S/C29H35N5O3S2/c1-6-14-34-25(17-37-21-11-9-20(36-5)10-12-21)32-33-28(34)38-18-26(35)31-27-23(16-30)22-13-8-19(15-24(22)39-27)29(3,4)7-2/h6,9-12,19H,1,7-8,13-15,17-18H2,2-5H3,(H,31,35). The second kappa shape index (κ2) is 12.7. The number of thiophene rings is 1. The van der Waals surface area contributed by atoms with E-state index >= 15 is 0 Å². The zero-order valence-electron chi connectivity index (χ0n) is 23.0. The molecule has 0 saturated heterocycles. The SMILES string of the molecule is C=CCn1c(COc2ccc(OC)cc2)nnc1SCC(=O)Nc1sc2c(c1C#N)CCC(C(C)(C)CC)C2. The minimum absolute atomic E-state index is 0.146. The number of nitrogens with one attached hydrogen (secondary N) is 1. The summed E-state index contributed by atoms with van der Waals surface area (Å²) in [5.74, 6) is 2.63. The Balaban J connectivity index is 1.39. The zero-order valence-corrected chi connectivity index (χ0v) is 24.6. The van der Waals surface area contributed by atoms with E-state index in [-0.39, 0.29) is 23.7 Å². The smallest absolute Gasteiger partial charge is 0.235 e. The lowest BCUT2D eigenvalue weighted by Crippen LogP contribution is -2.28. The molecule has 0 radical (unpaired) electrons. The van der Waals surface area contributed by atoms with E-state index < -0.39 is 0 Å². The van der Waals surface area contributed by atoms with Crippen molar-refractivity contribution in [1.29, 1.82) is 5.26 Å². The summed E-state index contributed by atoms with van der Waals surface area (Å²) in [6, 6.07) is 9.66. The van der Waals surface area contributed by atoms with Crippen LogP contribution in [0.25, 0.3) is 0 Å². The summed E-state index contributed by atoms with van der Waals surface area (Å²) < 4.78 is 12.9. The second-order valence-electron chi connectivity index (χ2n) is 10.2. The maximum absolute atomic E-state index is 12.9. The fourth-order valence-corrected chi connectivity index (χ4v) is 6.77. The van der Waals surface area contributed by atoms with Gasteiger partial charge in [0, 0.05) is 11.4 Å². The van der Waals surface area contributed by atoms with Crippen LogP contribution < -0.4 is 14.8 Å². The van der Waals surface area contributed by atoms with Gasteiger partial charge in [0.2, 0.25) is 5.91 Å². The summed E-state index contributed by atoms with van der Waals surface area (Å²) in [4.78, 5) is 14.2. The molecule has 1 atom stereocenters. The number of amides is 1. The number of anilines is 1. The Morgan fingerprint density at radius 3 is 2.74 bits per heavy atom. The highest BCUT2D eigenvalue weighted by Gasteiger charge is 2.34. The molecular weight excluding hydrogens is 530 g/mol. The molecule has 0 bridgehead atoms. The third-order valence-corrected chi connectivity index (χ3v) is 9.65. The van der Waals surface area contributed by atoms with Gasteiger partial charge in [-0.25, -0.2) is 0 Å². The van der Waals surface area contributed by atoms with Crippen LogP contribution in [0.3, 0.4) is 0 Å². The van der Waals surface area contributed by atoms with Crippen LogP contribution in [0.15, 0.2) is 42.1 Å². The van der Waals surface area contributed by atoms with E-state index in [9.17, 15) is 10.1 Å². The van der Waals surface area contributed by atoms with Gasteiger partial charge in [-0.3, -0.25) is 9.36 Å². The van der Waals surface area contributed by atoms with Crippen molar-refractivity contribution in [2.24, 2.45) is 11.3 Å². The molecule has 1 aliphatic carbocycles. The Morgan fingerprint density at radius 1 is 1.33 bits per heavy atom. The van der Waals surface area contributed by atoms with Gasteiger partial charge in [-0.15, -0.1) is 28.1 Å². The molecule has 1 N–H and O–H groups in total. The van der Waals surface area contributed by atoms with E-state index in [4.69, 9.17) is 9.47 Å². The van der Waals surface area contributed by atoms with Crippen molar-refractivity contribution in [3.8, 4) is 17.6 Å². The predicted octanol–water partition coefficient (Wildman–Crippen LogP) is 6.26. The van der Waals surface area contributed by atoms with Gasteiger partial charge in [-0.2, -0.15) is 5.26 Å². The Labute approximate surface area is 238 Å². The maximum Gasteiger partial charge on any atom is 0.235 e. The van der Waals surface area contributed by atoms with Gasteiger partial charge in [0.25, 0.3) is 0 Å². The largest absolute Gasteiger partial charge is 0.497 e. The Hall–Kier alpha value is -3.29. The van der Waals surface area contributed by atoms with Crippen LogP contribution in [-0.2, 0) is 30.8 Å². The number of benzene rings is 1. The number of ether oxygens (including phenoxy) is 2. The molecule has 10 heteroatoms. The molecule has 4 rings (SSSR count). The monoisotopic (exact) mass is 565 g/mol.